The van der Waals surface area contributed by atoms with Gasteiger partial charge in [-0.15, -0.1) is 10.2 Å². The van der Waals surface area contributed by atoms with Crippen molar-refractivity contribution in [3.05, 3.63) is 29.3 Å². The highest BCUT2D eigenvalue weighted by Crippen LogP contribution is 2.31. The number of rotatable bonds is 3. The van der Waals surface area contributed by atoms with Crippen LogP contribution in [0.25, 0.3) is 11.4 Å². The fourth-order valence-corrected chi connectivity index (χ4v) is 5.92. The van der Waals surface area contributed by atoms with Crippen LogP contribution in [-0.4, -0.2) is 51.1 Å². The van der Waals surface area contributed by atoms with Crippen molar-refractivity contribution in [3.63, 3.8) is 0 Å². The summed E-state index contributed by atoms with van der Waals surface area (Å²) in [5, 5.41) is 18.9. The van der Waals surface area contributed by atoms with Gasteiger partial charge in [0.25, 0.3) is 0 Å². The minimum absolute atomic E-state index is 0.0397. The largest absolute Gasteiger partial charge is 0.391 e. The number of hydrogen-bond acceptors (Lipinski definition) is 6. The van der Waals surface area contributed by atoms with Gasteiger partial charge in [-0.1, -0.05) is 23.4 Å². The maximum absolute atomic E-state index is 11.6. The van der Waals surface area contributed by atoms with E-state index < -0.39 is 21.2 Å². The Hall–Kier alpha value is -1.09. The molecule has 0 saturated carbocycles. The number of aliphatic hydroxyl groups is 1. The van der Waals surface area contributed by atoms with Gasteiger partial charge in [-0.05, 0) is 24.3 Å². The topological polar surface area (TPSA) is 85.1 Å². The summed E-state index contributed by atoms with van der Waals surface area (Å²) in [4.78, 5) is 0. The lowest BCUT2D eigenvalue weighted by Gasteiger charge is -2.11. The summed E-state index contributed by atoms with van der Waals surface area (Å²) in [6, 6.07) is 7.22. The number of aliphatic hydroxyl groups excluding tert-OH is 1. The quantitative estimate of drug-likeness (QED) is 0.891. The second-order valence-corrected chi connectivity index (χ2v) is 8.97. The molecule has 1 aromatic heterocycles. The Labute approximate surface area is 137 Å². The number of nitrogens with zero attached hydrogens (tertiary/aromatic N) is 3. The van der Waals surface area contributed by atoms with Crippen LogP contribution in [0, 0.1) is 0 Å². The van der Waals surface area contributed by atoms with Gasteiger partial charge in [-0.3, -0.25) is 0 Å². The van der Waals surface area contributed by atoms with Gasteiger partial charge in [0.15, 0.2) is 20.8 Å². The van der Waals surface area contributed by atoms with Crippen molar-refractivity contribution in [2.75, 3.05) is 11.5 Å². The second kappa shape index (κ2) is 5.84. The highest BCUT2D eigenvalue weighted by atomic mass is 35.5. The van der Waals surface area contributed by atoms with E-state index in [0.29, 0.717) is 16.0 Å². The van der Waals surface area contributed by atoms with E-state index in [2.05, 4.69) is 10.2 Å². The van der Waals surface area contributed by atoms with Crippen molar-refractivity contribution in [1.82, 2.24) is 14.8 Å². The molecule has 1 saturated heterocycles. The number of benzene rings is 1. The molecule has 118 valence electrons. The number of sulfone groups is 1. The Morgan fingerprint density at radius 2 is 1.95 bits per heavy atom. The average molecular weight is 360 g/mol. The normalized spacial score (nSPS) is 23.8. The smallest absolute Gasteiger partial charge is 0.191 e. The second-order valence-electron chi connectivity index (χ2n) is 5.17. The first-order valence-corrected chi connectivity index (χ1v) is 9.64. The molecule has 9 heteroatoms. The highest BCUT2D eigenvalue weighted by Gasteiger charge is 2.38. The van der Waals surface area contributed by atoms with E-state index in [1.807, 2.05) is 19.2 Å². The molecule has 0 radical (unpaired) electrons. The van der Waals surface area contributed by atoms with Gasteiger partial charge in [0.2, 0.25) is 0 Å². The van der Waals surface area contributed by atoms with Gasteiger partial charge < -0.3 is 9.67 Å². The molecule has 22 heavy (non-hydrogen) atoms. The van der Waals surface area contributed by atoms with E-state index >= 15 is 0 Å². The molecule has 0 aliphatic carbocycles. The number of thioether (sulfide) groups is 1. The molecule has 2 aromatic rings. The molecule has 0 spiro atoms. The van der Waals surface area contributed by atoms with Gasteiger partial charge in [-0.2, -0.15) is 0 Å². The molecule has 2 heterocycles. The van der Waals surface area contributed by atoms with Crippen LogP contribution in [-0.2, 0) is 16.9 Å². The maximum Gasteiger partial charge on any atom is 0.191 e. The lowest BCUT2D eigenvalue weighted by Crippen LogP contribution is -2.20. The van der Waals surface area contributed by atoms with Gasteiger partial charge in [0, 0.05) is 17.6 Å². The minimum Gasteiger partial charge on any atom is -0.391 e. The van der Waals surface area contributed by atoms with E-state index in [9.17, 15) is 13.5 Å². The molecule has 1 N–H and O–H groups in total. The Morgan fingerprint density at radius 1 is 1.27 bits per heavy atom. The molecule has 3 rings (SSSR count). The summed E-state index contributed by atoms with van der Waals surface area (Å²) in [7, 11) is -1.36. The van der Waals surface area contributed by atoms with Crippen LogP contribution in [0.5, 0.6) is 0 Å². The van der Waals surface area contributed by atoms with Crippen molar-refractivity contribution in [3.8, 4) is 11.4 Å². The Balaban J connectivity index is 1.84. The number of halogens is 1. The van der Waals surface area contributed by atoms with E-state index in [0.717, 1.165) is 5.56 Å². The molecular formula is C13H14ClN3O3S2. The van der Waals surface area contributed by atoms with Gasteiger partial charge in [0.05, 0.1) is 22.9 Å². The summed E-state index contributed by atoms with van der Waals surface area (Å²) >= 11 is 7.11. The zero-order valence-corrected chi connectivity index (χ0v) is 14.1. The standard InChI is InChI=1S/C13H14ClN3O3S2/c1-17-12(8-2-4-9(14)5-3-8)15-16-13(17)21-11-7-22(19,20)6-10(11)18/h2-5,10-11,18H,6-7H2,1H3/t10-,11-/m1/s1. The number of aromatic nitrogens is 3. The first kappa shape index (κ1) is 15.8. The molecular weight excluding hydrogens is 346 g/mol. The summed E-state index contributed by atoms with van der Waals surface area (Å²) in [5.74, 6) is 0.434. The first-order valence-electron chi connectivity index (χ1n) is 6.56. The van der Waals surface area contributed by atoms with Crippen LogP contribution < -0.4 is 0 Å². The van der Waals surface area contributed by atoms with Crippen molar-refractivity contribution in [1.29, 1.82) is 0 Å². The molecule has 1 fully saturated rings. The van der Waals surface area contributed by atoms with E-state index in [1.165, 1.54) is 11.8 Å². The van der Waals surface area contributed by atoms with E-state index in [-0.39, 0.29) is 11.5 Å². The molecule has 1 aliphatic heterocycles. The average Bonchev–Trinajstić information content (AvgIpc) is 2.92. The van der Waals surface area contributed by atoms with Crippen molar-refractivity contribution < 1.29 is 13.5 Å². The lowest BCUT2D eigenvalue weighted by atomic mass is 10.2. The van der Waals surface area contributed by atoms with Crippen LogP contribution >= 0.6 is 23.4 Å². The monoisotopic (exact) mass is 359 g/mol. The fourth-order valence-electron chi connectivity index (χ4n) is 2.31. The van der Waals surface area contributed by atoms with Crippen LogP contribution in [0.15, 0.2) is 29.4 Å². The summed E-state index contributed by atoms with van der Waals surface area (Å²) < 4.78 is 24.9. The Kier molecular flexibility index (Phi) is 4.19. The summed E-state index contributed by atoms with van der Waals surface area (Å²) in [6.45, 7) is 0. The van der Waals surface area contributed by atoms with E-state index in [1.54, 1.807) is 16.7 Å². The molecule has 1 aliphatic rings. The van der Waals surface area contributed by atoms with Gasteiger partial charge >= 0.3 is 0 Å². The maximum atomic E-state index is 11.6. The summed E-state index contributed by atoms with van der Waals surface area (Å²) in [5.41, 5.74) is 0.867. The molecule has 0 amide bonds. The molecule has 0 bridgehead atoms. The molecule has 1 aromatic carbocycles. The fraction of sp³-hybridized carbons (Fsp3) is 0.385. The third-order valence-corrected chi connectivity index (χ3v) is 7.00. The van der Waals surface area contributed by atoms with Crippen LogP contribution in [0.3, 0.4) is 0 Å². The Morgan fingerprint density at radius 3 is 2.55 bits per heavy atom. The predicted octanol–water partition coefficient (Wildman–Crippen LogP) is 1.39. The van der Waals surface area contributed by atoms with Crippen LogP contribution in [0.1, 0.15) is 0 Å². The zero-order valence-electron chi connectivity index (χ0n) is 11.7. The number of hydrogen-bond donors (Lipinski definition) is 1. The van der Waals surface area contributed by atoms with Crippen molar-refractivity contribution in [2.24, 2.45) is 7.05 Å². The first-order chi connectivity index (χ1) is 10.4. The predicted molar refractivity (Wildman–Crippen MR) is 85.8 cm³/mol. The zero-order chi connectivity index (χ0) is 15.9. The molecule has 2 atom stereocenters. The third-order valence-electron chi connectivity index (χ3n) is 3.47. The lowest BCUT2D eigenvalue weighted by molar-refractivity contribution is 0.207. The summed E-state index contributed by atoms with van der Waals surface area (Å²) in [6.07, 6.45) is -0.870. The van der Waals surface area contributed by atoms with Crippen molar-refractivity contribution in [2.45, 2.75) is 16.5 Å². The van der Waals surface area contributed by atoms with Crippen molar-refractivity contribution >= 4 is 33.2 Å². The molecule has 6 nitrogen and oxygen atoms in total. The van der Waals surface area contributed by atoms with E-state index in [4.69, 9.17) is 11.6 Å². The van der Waals surface area contributed by atoms with Crippen LogP contribution in [0.2, 0.25) is 5.02 Å². The molecule has 0 unspecified atom stereocenters. The highest BCUT2D eigenvalue weighted by molar-refractivity contribution is 8.01. The SMILES string of the molecule is Cn1c(S[C@@H]2CS(=O)(=O)C[C@H]2O)nnc1-c1ccc(Cl)cc1. The Bertz CT molecular complexity index is 789. The third kappa shape index (κ3) is 3.15. The van der Waals surface area contributed by atoms with Gasteiger partial charge in [0.1, 0.15) is 0 Å². The van der Waals surface area contributed by atoms with Gasteiger partial charge in [-0.25, -0.2) is 8.42 Å². The van der Waals surface area contributed by atoms with Crippen LogP contribution in [0.4, 0.5) is 0 Å². The minimum atomic E-state index is -3.17.